The summed E-state index contributed by atoms with van der Waals surface area (Å²) in [5.41, 5.74) is 1.30. The van der Waals surface area contributed by atoms with Gasteiger partial charge in [-0.25, -0.2) is 0 Å². The highest BCUT2D eigenvalue weighted by molar-refractivity contribution is 5.79. The molecule has 0 bridgehead atoms. The van der Waals surface area contributed by atoms with E-state index in [0.29, 0.717) is 12.3 Å². The van der Waals surface area contributed by atoms with Gasteiger partial charge in [0.25, 0.3) is 0 Å². The molecule has 23 heavy (non-hydrogen) atoms. The monoisotopic (exact) mass is 319 g/mol. The highest BCUT2D eigenvalue weighted by atomic mass is 16.5. The van der Waals surface area contributed by atoms with Gasteiger partial charge < -0.3 is 15.4 Å². The van der Waals surface area contributed by atoms with Crippen LogP contribution in [-0.2, 0) is 9.53 Å². The number of esters is 1. The summed E-state index contributed by atoms with van der Waals surface area (Å²) in [7, 11) is 1.42. The van der Waals surface area contributed by atoms with Crippen LogP contribution in [0.1, 0.15) is 44.6 Å². The molecular formula is C18H29N3O2. The van der Waals surface area contributed by atoms with Gasteiger partial charge in [0.15, 0.2) is 5.96 Å². The lowest BCUT2D eigenvalue weighted by molar-refractivity contribution is -0.140. The second kappa shape index (κ2) is 11.5. The molecule has 0 aromatic heterocycles. The molecule has 5 nitrogen and oxygen atoms in total. The van der Waals surface area contributed by atoms with Crippen LogP contribution in [0, 0.1) is 0 Å². The van der Waals surface area contributed by atoms with Crippen LogP contribution < -0.4 is 10.6 Å². The van der Waals surface area contributed by atoms with Crippen molar-refractivity contribution in [3.63, 3.8) is 0 Å². The molecule has 2 N–H and O–H groups in total. The Labute approximate surface area is 139 Å². The quantitative estimate of drug-likeness (QED) is 0.318. The van der Waals surface area contributed by atoms with Gasteiger partial charge in [-0.3, -0.25) is 9.79 Å². The Balaban J connectivity index is 2.36. The fraction of sp³-hybridized carbons (Fsp3) is 0.556. The summed E-state index contributed by atoms with van der Waals surface area (Å²) in [6.45, 7) is 6.59. The van der Waals surface area contributed by atoms with Crippen molar-refractivity contribution in [2.24, 2.45) is 4.99 Å². The number of carbonyl (C=O) groups is 1. The molecule has 0 spiro atoms. The third kappa shape index (κ3) is 8.24. The predicted molar refractivity (Wildman–Crippen MR) is 94.7 cm³/mol. The van der Waals surface area contributed by atoms with Gasteiger partial charge in [-0.15, -0.1) is 0 Å². The number of carbonyl (C=O) groups excluding carboxylic acids is 1. The zero-order valence-corrected chi connectivity index (χ0v) is 14.5. The number of hydrogen-bond donors (Lipinski definition) is 2. The zero-order chi connectivity index (χ0) is 16.9. The number of methoxy groups -OCH3 is 1. The Morgan fingerprint density at radius 3 is 2.61 bits per heavy atom. The van der Waals surface area contributed by atoms with E-state index < -0.39 is 0 Å². The van der Waals surface area contributed by atoms with Crippen molar-refractivity contribution in [3.05, 3.63) is 35.9 Å². The maximum Gasteiger partial charge on any atom is 0.305 e. The summed E-state index contributed by atoms with van der Waals surface area (Å²) in [5, 5.41) is 6.55. The summed E-state index contributed by atoms with van der Waals surface area (Å²) >= 11 is 0. The molecule has 0 heterocycles. The third-order valence-corrected chi connectivity index (χ3v) is 3.56. The molecular weight excluding hydrogens is 290 g/mol. The number of hydrogen-bond acceptors (Lipinski definition) is 3. The van der Waals surface area contributed by atoms with Crippen LogP contribution in [0.3, 0.4) is 0 Å². The SMILES string of the molecule is CCNC(=NCC(C)c1ccccc1)NCCCCC(=O)OC. The first-order chi connectivity index (χ1) is 11.2. The molecule has 0 aliphatic heterocycles. The van der Waals surface area contributed by atoms with E-state index in [-0.39, 0.29) is 5.97 Å². The molecule has 128 valence electrons. The highest BCUT2D eigenvalue weighted by Crippen LogP contribution is 2.14. The minimum absolute atomic E-state index is 0.151. The lowest BCUT2D eigenvalue weighted by atomic mass is 10.0. The highest BCUT2D eigenvalue weighted by Gasteiger charge is 2.05. The molecule has 1 atom stereocenters. The van der Waals surface area contributed by atoms with Crippen molar-refractivity contribution in [2.75, 3.05) is 26.7 Å². The summed E-state index contributed by atoms with van der Waals surface area (Å²) in [6, 6.07) is 10.4. The second-order valence-electron chi connectivity index (χ2n) is 5.49. The summed E-state index contributed by atoms with van der Waals surface area (Å²) in [6.07, 6.45) is 2.20. The van der Waals surface area contributed by atoms with E-state index in [1.165, 1.54) is 12.7 Å². The van der Waals surface area contributed by atoms with Crippen molar-refractivity contribution in [2.45, 2.75) is 39.0 Å². The Morgan fingerprint density at radius 2 is 1.96 bits per heavy atom. The molecule has 0 amide bonds. The first-order valence-corrected chi connectivity index (χ1v) is 8.31. The lowest BCUT2D eigenvalue weighted by Crippen LogP contribution is -2.38. The molecule has 0 saturated carbocycles. The van der Waals surface area contributed by atoms with Crippen LogP contribution in [0.4, 0.5) is 0 Å². The van der Waals surface area contributed by atoms with Gasteiger partial charge in [-0.05, 0) is 25.3 Å². The number of aliphatic imine (C=N–C) groups is 1. The van der Waals surface area contributed by atoms with Crippen LogP contribution in [-0.4, -0.2) is 38.7 Å². The number of nitrogens with zero attached hydrogens (tertiary/aromatic N) is 1. The molecule has 0 aliphatic rings. The molecule has 1 unspecified atom stereocenters. The van der Waals surface area contributed by atoms with Crippen molar-refractivity contribution in [1.82, 2.24) is 10.6 Å². The van der Waals surface area contributed by atoms with Gasteiger partial charge in [0, 0.05) is 32.0 Å². The average molecular weight is 319 g/mol. The normalized spacial score (nSPS) is 12.6. The standard InChI is InChI=1S/C18H29N3O2/c1-4-19-18(20-13-9-8-12-17(22)23-3)21-14-15(2)16-10-6-5-7-11-16/h5-7,10-11,15H,4,8-9,12-14H2,1-3H3,(H2,19,20,21). The van der Waals surface area contributed by atoms with Crippen LogP contribution in [0.2, 0.25) is 0 Å². The smallest absolute Gasteiger partial charge is 0.305 e. The van der Waals surface area contributed by atoms with Gasteiger partial charge >= 0.3 is 5.97 Å². The number of rotatable bonds is 9. The molecule has 0 fully saturated rings. The maximum atomic E-state index is 11.0. The molecule has 1 rings (SSSR count). The van der Waals surface area contributed by atoms with Crippen molar-refractivity contribution >= 4 is 11.9 Å². The number of unbranched alkanes of at least 4 members (excludes halogenated alkanes) is 1. The maximum absolute atomic E-state index is 11.0. The van der Waals surface area contributed by atoms with Crippen LogP contribution in [0.15, 0.2) is 35.3 Å². The summed E-state index contributed by atoms with van der Waals surface area (Å²) in [5.74, 6) is 1.06. The summed E-state index contributed by atoms with van der Waals surface area (Å²) < 4.78 is 4.63. The van der Waals surface area contributed by atoms with E-state index >= 15 is 0 Å². The number of guanidine groups is 1. The largest absolute Gasteiger partial charge is 0.469 e. The number of ether oxygens (including phenoxy) is 1. The zero-order valence-electron chi connectivity index (χ0n) is 14.5. The van der Waals surface area contributed by atoms with E-state index in [9.17, 15) is 4.79 Å². The van der Waals surface area contributed by atoms with E-state index in [0.717, 1.165) is 38.4 Å². The van der Waals surface area contributed by atoms with Crippen molar-refractivity contribution in [1.29, 1.82) is 0 Å². The van der Waals surface area contributed by atoms with E-state index in [4.69, 9.17) is 0 Å². The van der Waals surface area contributed by atoms with Crippen LogP contribution in [0.5, 0.6) is 0 Å². The fourth-order valence-corrected chi connectivity index (χ4v) is 2.16. The molecule has 1 aromatic rings. The Morgan fingerprint density at radius 1 is 1.22 bits per heavy atom. The van der Waals surface area contributed by atoms with Gasteiger partial charge in [-0.2, -0.15) is 0 Å². The third-order valence-electron chi connectivity index (χ3n) is 3.56. The summed E-state index contributed by atoms with van der Waals surface area (Å²) in [4.78, 5) is 15.7. The van der Waals surface area contributed by atoms with Gasteiger partial charge in [0.1, 0.15) is 0 Å². The minimum Gasteiger partial charge on any atom is -0.469 e. The van der Waals surface area contributed by atoms with Crippen LogP contribution in [0.25, 0.3) is 0 Å². The number of benzene rings is 1. The van der Waals surface area contributed by atoms with Crippen LogP contribution >= 0.6 is 0 Å². The number of nitrogens with one attached hydrogen (secondary N) is 2. The van der Waals surface area contributed by atoms with Gasteiger partial charge in [-0.1, -0.05) is 37.3 Å². The Bertz CT molecular complexity index is 474. The van der Waals surface area contributed by atoms with Gasteiger partial charge in [0.05, 0.1) is 7.11 Å². The molecule has 0 aliphatic carbocycles. The first kappa shape index (κ1) is 19.0. The molecule has 5 heteroatoms. The average Bonchev–Trinajstić information content (AvgIpc) is 2.59. The minimum atomic E-state index is -0.151. The fourth-order valence-electron chi connectivity index (χ4n) is 2.16. The molecule has 0 saturated heterocycles. The van der Waals surface area contributed by atoms with Crippen molar-refractivity contribution < 1.29 is 9.53 Å². The Kier molecular flexibility index (Phi) is 9.52. The molecule has 1 aromatic carbocycles. The van der Waals surface area contributed by atoms with E-state index in [1.807, 2.05) is 6.07 Å². The first-order valence-electron chi connectivity index (χ1n) is 8.31. The van der Waals surface area contributed by atoms with Crippen molar-refractivity contribution in [3.8, 4) is 0 Å². The van der Waals surface area contributed by atoms with E-state index in [1.54, 1.807) is 0 Å². The lowest BCUT2D eigenvalue weighted by Gasteiger charge is -2.13. The topological polar surface area (TPSA) is 62.7 Å². The van der Waals surface area contributed by atoms with Gasteiger partial charge in [0.2, 0.25) is 0 Å². The molecule has 0 radical (unpaired) electrons. The second-order valence-corrected chi connectivity index (χ2v) is 5.49. The predicted octanol–water partition coefficient (Wildman–Crippen LogP) is 2.69. The van der Waals surface area contributed by atoms with E-state index in [2.05, 4.69) is 58.5 Å². The Hall–Kier alpha value is -2.04.